The molecule has 2 aromatic carbocycles. The molecule has 0 aliphatic carbocycles. The number of carbonyl (C=O) groups excluding carboxylic acids is 2. The summed E-state index contributed by atoms with van der Waals surface area (Å²) in [5.41, 5.74) is 11.8. The first-order chi connectivity index (χ1) is 14.5. The van der Waals surface area contributed by atoms with E-state index < -0.39 is 11.8 Å². The Morgan fingerprint density at radius 1 is 0.667 bits per heavy atom. The first-order valence-corrected chi connectivity index (χ1v) is 11.0. The SMILES string of the molecule is CCCCCCOc1c(C(N)=O)ccc2c(OCCCCCC)c(C(N)=O)ccc12. The van der Waals surface area contributed by atoms with Crippen LogP contribution in [0.15, 0.2) is 24.3 Å². The minimum Gasteiger partial charge on any atom is -0.492 e. The summed E-state index contributed by atoms with van der Waals surface area (Å²) in [6, 6.07) is 6.74. The van der Waals surface area contributed by atoms with Crippen molar-refractivity contribution in [3.05, 3.63) is 35.4 Å². The molecule has 0 fully saturated rings. The number of rotatable bonds is 14. The Morgan fingerprint density at radius 2 is 1.07 bits per heavy atom. The zero-order valence-electron chi connectivity index (χ0n) is 18.2. The number of unbranched alkanes of at least 4 members (excludes halogenated alkanes) is 6. The molecule has 0 spiro atoms. The van der Waals surface area contributed by atoms with Gasteiger partial charge in [-0.15, -0.1) is 0 Å². The molecule has 0 heterocycles. The third kappa shape index (κ3) is 6.12. The number of fused-ring (bicyclic) bond motifs is 1. The molecule has 0 radical (unpaired) electrons. The van der Waals surface area contributed by atoms with Crippen LogP contribution in [0, 0.1) is 0 Å². The Hall–Kier alpha value is -2.76. The van der Waals surface area contributed by atoms with E-state index in [1.54, 1.807) is 24.3 Å². The maximum atomic E-state index is 12.0. The Labute approximate surface area is 178 Å². The van der Waals surface area contributed by atoms with Crippen molar-refractivity contribution in [2.75, 3.05) is 13.2 Å². The number of amides is 2. The van der Waals surface area contributed by atoms with E-state index in [0.29, 0.717) is 46.6 Å². The highest BCUT2D eigenvalue weighted by atomic mass is 16.5. The summed E-state index contributed by atoms with van der Waals surface area (Å²) in [5.74, 6) is -0.241. The molecule has 2 rings (SSSR count). The predicted molar refractivity (Wildman–Crippen MR) is 120 cm³/mol. The molecule has 164 valence electrons. The Balaban J connectivity index is 2.40. The standard InChI is InChI=1S/C24H34N2O4/c1-3-5-7-9-15-29-21-17-11-14-20(24(26)28)22(30-16-10-8-6-4-2)18(17)12-13-19(21)23(25)27/h11-14H,3-10,15-16H2,1-2H3,(H2,25,27)(H2,26,28). The van der Waals surface area contributed by atoms with Crippen molar-refractivity contribution in [3.63, 3.8) is 0 Å². The van der Waals surface area contributed by atoms with Crippen LogP contribution in [0.4, 0.5) is 0 Å². The zero-order valence-corrected chi connectivity index (χ0v) is 18.2. The van der Waals surface area contributed by atoms with Crippen LogP contribution in [-0.4, -0.2) is 25.0 Å². The van der Waals surface area contributed by atoms with E-state index in [-0.39, 0.29) is 0 Å². The van der Waals surface area contributed by atoms with Gasteiger partial charge in [-0.3, -0.25) is 9.59 Å². The molecule has 0 aliphatic heterocycles. The Kier molecular flexibility index (Phi) is 9.45. The minimum absolute atomic E-state index is 0.318. The molecule has 0 saturated carbocycles. The van der Waals surface area contributed by atoms with Gasteiger partial charge >= 0.3 is 0 Å². The molecule has 0 aromatic heterocycles. The largest absolute Gasteiger partial charge is 0.492 e. The lowest BCUT2D eigenvalue weighted by Crippen LogP contribution is -2.15. The van der Waals surface area contributed by atoms with E-state index in [1.165, 1.54) is 0 Å². The number of benzene rings is 2. The average molecular weight is 415 g/mol. The summed E-state index contributed by atoms with van der Waals surface area (Å²) in [5, 5.41) is 1.38. The van der Waals surface area contributed by atoms with Gasteiger partial charge in [0.1, 0.15) is 11.5 Å². The molecular weight excluding hydrogens is 380 g/mol. The number of ether oxygens (including phenoxy) is 2. The number of hydrogen-bond donors (Lipinski definition) is 2. The van der Waals surface area contributed by atoms with E-state index in [9.17, 15) is 9.59 Å². The topological polar surface area (TPSA) is 105 Å². The molecule has 4 N–H and O–H groups in total. The van der Waals surface area contributed by atoms with E-state index in [4.69, 9.17) is 20.9 Å². The molecule has 2 aromatic rings. The van der Waals surface area contributed by atoms with Gasteiger partial charge in [-0.05, 0) is 37.1 Å². The van der Waals surface area contributed by atoms with Crippen molar-refractivity contribution < 1.29 is 19.1 Å². The summed E-state index contributed by atoms with van der Waals surface area (Å²) in [7, 11) is 0. The lowest BCUT2D eigenvalue weighted by molar-refractivity contribution is 0.0987. The third-order valence-electron chi connectivity index (χ3n) is 5.12. The van der Waals surface area contributed by atoms with Gasteiger partial charge in [-0.2, -0.15) is 0 Å². The predicted octanol–water partition coefficient (Wildman–Crippen LogP) is 4.96. The Bertz CT molecular complexity index is 793. The summed E-state index contributed by atoms with van der Waals surface area (Å²) < 4.78 is 12.0. The molecule has 0 saturated heterocycles. The molecule has 0 aliphatic rings. The maximum absolute atomic E-state index is 12.0. The van der Waals surface area contributed by atoms with Crippen molar-refractivity contribution in [3.8, 4) is 11.5 Å². The number of hydrogen-bond acceptors (Lipinski definition) is 4. The third-order valence-corrected chi connectivity index (χ3v) is 5.12. The minimum atomic E-state index is -0.554. The van der Waals surface area contributed by atoms with E-state index in [1.807, 2.05) is 0 Å². The lowest BCUT2D eigenvalue weighted by Gasteiger charge is -2.17. The summed E-state index contributed by atoms with van der Waals surface area (Å²) in [6.45, 7) is 5.28. The van der Waals surface area contributed by atoms with Crippen LogP contribution >= 0.6 is 0 Å². The van der Waals surface area contributed by atoms with Gasteiger partial charge in [-0.1, -0.05) is 52.4 Å². The maximum Gasteiger partial charge on any atom is 0.252 e. The molecule has 6 heteroatoms. The highest BCUT2D eigenvalue weighted by Gasteiger charge is 2.20. The molecule has 0 bridgehead atoms. The van der Waals surface area contributed by atoms with Gasteiger partial charge in [0.2, 0.25) is 0 Å². The number of nitrogens with two attached hydrogens (primary N) is 2. The molecule has 0 unspecified atom stereocenters. The highest BCUT2D eigenvalue weighted by molar-refractivity contribution is 6.08. The fourth-order valence-electron chi connectivity index (χ4n) is 3.46. The fourth-order valence-corrected chi connectivity index (χ4v) is 3.46. The number of carbonyl (C=O) groups is 2. The van der Waals surface area contributed by atoms with Crippen LogP contribution in [-0.2, 0) is 0 Å². The molecule has 0 atom stereocenters. The van der Waals surface area contributed by atoms with Crippen LogP contribution in [0.5, 0.6) is 11.5 Å². The van der Waals surface area contributed by atoms with Crippen LogP contribution in [0.1, 0.15) is 85.9 Å². The summed E-state index contributed by atoms with van der Waals surface area (Å²) in [4.78, 5) is 23.9. The van der Waals surface area contributed by atoms with Gasteiger partial charge in [0, 0.05) is 10.8 Å². The van der Waals surface area contributed by atoms with Crippen LogP contribution in [0.2, 0.25) is 0 Å². The van der Waals surface area contributed by atoms with Crippen molar-refractivity contribution >= 4 is 22.6 Å². The number of primary amides is 2. The monoisotopic (exact) mass is 414 g/mol. The average Bonchev–Trinajstić information content (AvgIpc) is 2.72. The van der Waals surface area contributed by atoms with Crippen molar-refractivity contribution in [2.45, 2.75) is 65.2 Å². The van der Waals surface area contributed by atoms with E-state index >= 15 is 0 Å². The second kappa shape index (κ2) is 12.1. The van der Waals surface area contributed by atoms with Crippen LogP contribution in [0.25, 0.3) is 10.8 Å². The van der Waals surface area contributed by atoms with E-state index in [2.05, 4.69) is 13.8 Å². The first-order valence-electron chi connectivity index (χ1n) is 11.0. The van der Waals surface area contributed by atoms with Gasteiger partial charge in [-0.25, -0.2) is 0 Å². The second-order valence-electron chi connectivity index (χ2n) is 7.53. The second-order valence-corrected chi connectivity index (χ2v) is 7.53. The van der Waals surface area contributed by atoms with Crippen molar-refractivity contribution in [2.24, 2.45) is 11.5 Å². The molecule has 30 heavy (non-hydrogen) atoms. The lowest BCUT2D eigenvalue weighted by atomic mass is 10.0. The van der Waals surface area contributed by atoms with Crippen LogP contribution < -0.4 is 20.9 Å². The van der Waals surface area contributed by atoms with Crippen LogP contribution in [0.3, 0.4) is 0 Å². The zero-order chi connectivity index (χ0) is 21.9. The van der Waals surface area contributed by atoms with Crippen molar-refractivity contribution in [1.29, 1.82) is 0 Å². The van der Waals surface area contributed by atoms with Gasteiger partial charge in [0.05, 0.1) is 24.3 Å². The summed E-state index contributed by atoms with van der Waals surface area (Å²) in [6.07, 6.45) is 8.45. The van der Waals surface area contributed by atoms with Gasteiger partial charge < -0.3 is 20.9 Å². The van der Waals surface area contributed by atoms with Gasteiger partial charge in [0.15, 0.2) is 0 Å². The van der Waals surface area contributed by atoms with E-state index in [0.717, 1.165) is 51.4 Å². The molecular formula is C24H34N2O4. The quantitative estimate of drug-likeness (QED) is 0.426. The fraction of sp³-hybridized carbons (Fsp3) is 0.500. The van der Waals surface area contributed by atoms with Crippen molar-refractivity contribution in [1.82, 2.24) is 0 Å². The Morgan fingerprint density at radius 3 is 1.40 bits per heavy atom. The normalized spacial score (nSPS) is 10.9. The molecule has 2 amide bonds. The molecule has 6 nitrogen and oxygen atoms in total. The first kappa shape index (κ1) is 23.5. The van der Waals surface area contributed by atoms with Gasteiger partial charge in [0.25, 0.3) is 11.8 Å². The summed E-state index contributed by atoms with van der Waals surface area (Å²) >= 11 is 0. The smallest absolute Gasteiger partial charge is 0.252 e. The highest BCUT2D eigenvalue weighted by Crippen LogP contribution is 2.37.